The van der Waals surface area contributed by atoms with Crippen LogP contribution in [0.2, 0.25) is 5.02 Å². The molecule has 0 saturated heterocycles. The molecule has 1 N–H and O–H groups in total. The van der Waals surface area contributed by atoms with Crippen LogP contribution in [-0.2, 0) is 6.54 Å². The van der Waals surface area contributed by atoms with Crippen molar-refractivity contribution in [3.05, 3.63) is 29.7 Å². The van der Waals surface area contributed by atoms with Gasteiger partial charge in [-0.15, -0.1) is 0 Å². The molecule has 7 heteroatoms. The van der Waals surface area contributed by atoms with Crippen LogP contribution in [0.5, 0.6) is 6.01 Å². The molecule has 0 amide bonds. The van der Waals surface area contributed by atoms with E-state index in [1.807, 2.05) is 23.9 Å². The lowest BCUT2D eigenvalue weighted by Crippen LogP contribution is -2.23. The monoisotopic (exact) mass is 267 g/mol. The zero-order valence-electron chi connectivity index (χ0n) is 10.2. The van der Waals surface area contributed by atoms with Crippen molar-refractivity contribution in [1.29, 1.82) is 0 Å². The molecule has 0 aromatic carbocycles. The van der Waals surface area contributed by atoms with Gasteiger partial charge in [0.25, 0.3) is 0 Å². The molecule has 2 aromatic heterocycles. The van der Waals surface area contributed by atoms with E-state index in [-0.39, 0.29) is 12.1 Å². The van der Waals surface area contributed by atoms with E-state index >= 15 is 0 Å². The van der Waals surface area contributed by atoms with E-state index in [1.54, 1.807) is 6.20 Å². The first kappa shape index (κ1) is 12.6. The summed E-state index contributed by atoms with van der Waals surface area (Å²) in [6.45, 7) is 2.74. The maximum Gasteiger partial charge on any atom is 0.318 e. The molecular formula is C11H14ClN5O. The largest absolute Gasteiger partial charge is 0.467 e. The van der Waals surface area contributed by atoms with Crippen LogP contribution in [0.3, 0.4) is 0 Å². The Morgan fingerprint density at radius 2 is 2.39 bits per heavy atom. The van der Waals surface area contributed by atoms with Crippen molar-refractivity contribution in [2.45, 2.75) is 19.5 Å². The van der Waals surface area contributed by atoms with Gasteiger partial charge >= 0.3 is 6.01 Å². The molecule has 0 aliphatic carbocycles. The highest BCUT2D eigenvalue weighted by molar-refractivity contribution is 6.32. The van der Waals surface area contributed by atoms with Gasteiger partial charge < -0.3 is 10.1 Å². The predicted molar refractivity (Wildman–Crippen MR) is 68.9 cm³/mol. The molecule has 2 rings (SSSR count). The van der Waals surface area contributed by atoms with Gasteiger partial charge in [-0.2, -0.15) is 10.1 Å². The standard InChI is InChI=1S/C11H14ClN5O/c1-8(7-17-5-3-4-14-17)15-10-9(12)6-13-11(16-10)18-2/h3-6,8H,7H2,1-2H3,(H,13,15,16). The lowest BCUT2D eigenvalue weighted by Gasteiger charge is -2.15. The van der Waals surface area contributed by atoms with Gasteiger partial charge in [0, 0.05) is 18.4 Å². The highest BCUT2D eigenvalue weighted by Crippen LogP contribution is 2.20. The van der Waals surface area contributed by atoms with Gasteiger partial charge in [-0.1, -0.05) is 11.6 Å². The summed E-state index contributed by atoms with van der Waals surface area (Å²) >= 11 is 6.01. The van der Waals surface area contributed by atoms with Crippen LogP contribution >= 0.6 is 11.6 Å². The Bertz CT molecular complexity index is 502. The highest BCUT2D eigenvalue weighted by atomic mass is 35.5. The number of ether oxygens (including phenoxy) is 1. The first-order chi connectivity index (χ1) is 8.69. The number of halogens is 1. The second-order valence-electron chi connectivity index (χ2n) is 3.83. The number of nitrogens with one attached hydrogen (secondary N) is 1. The second kappa shape index (κ2) is 5.68. The molecule has 96 valence electrons. The first-order valence-electron chi connectivity index (χ1n) is 5.49. The molecule has 6 nitrogen and oxygen atoms in total. The third-order valence-corrected chi connectivity index (χ3v) is 2.58. The summed E-state index contributed by atoms with van der Waals surface area (Å²) in [7, 11) is 1.51. The fraction of sp³-hybridized carbons (Fsp3) is 0.364. The summed E-state index contributed by atoms with van der Waals surface area (Å²) in [6.07, 6.45) is 5.16. The van der Waals surface area contributed by atoms with Crippen LogP contribution in [0.1, 0.15) is 6.92 Å². The Morgan fingerprint density at radius 1 is 1.56 bits per heavy atom. The topological polar surface area (TPSA) is 64.9 Å². The Hall–Kier alpha value is -1.82. The highest BCUT2D eigenvalue weighted by Gasteiger charge is 2.09. The Kier molecular flexibility index (Phi) is 3.99. The molecule has 0 aliphatic heterocycles. The van der Waals surface area contributed by atoms with E-state index in [0.29, 0.717) is 10.8 Å². The molecule has 0 bridgehead atoms. The quantitative estimate of drug-likeness (QED) is 0.895. The molecule has 1 atom stereocenters. The predicted octanol–water partition coefficient (Wildman–Crippen LogP) is 1.84. The van der Waals surface area contributed by atoms with Crippen molar-refractivity contribution in [3.8, 4) is 6.01 Å². The van der Waals surface area contributed by atoms with E-state index in [0.717, 1.165) is 6.54 Å². The van der Waals surface area contributed by atoms with Crippen molar-refractivity contribution in [1.82, 2.24) is 19.7 Å². The average molecular weight is 268 g/mol. The van der Waals surface area contributed by atoms with Gasteiger partial charge in [0.05, 0.1) is 19.9 Å². The summed E-state index contributed by atoms with van der Waals surface area (Å²) < 4.78 is 6.80. The third kappa shape index (κ3) is 3.10. The zero-order chi connectivity index (χ0) is 13.0. The fourth-order valence-electron chi connectivity index (χ4n) is 1.52. The van der Waals surface area contributed by atoms with Crippen LogP contribution in [0.15, 0.2) is 24.7 Å². The number of nitrogens with zero attached hydrogens (tertiary/aromatic N) is 4. The SMILES string of the molecule is COc1ncc(Cl)c(NC(C)Cn2cccn2)n1. The summed E-state index contributed by atoms with van der Waals surface area (Å²) in [5.74, 6) is 0.558. The van der Waals surface area contributed by atoms with Crippen LogP contribution in [0.4, 0.5) is 5.82 Å². The summed E-state index contributed by atoms with van der Waals surface area (Å²) in [6, 6.07) is 2.29. The average Bonchev–Trinajstić information content (AvgIpc) is 2.84. The summed E-state index contributed by atoms with van der Waals surface area (Å²) in [5, 5.41) is 7.80. The maximum absolute atomic E-state index is 6.01. The van der Waals surface area contributed by atoms with Gasteiger partial charge in [-0.3, -0.25) is 4.68 Å². The van der Waals surface area contributed by atoms with Gasteiger partial charge in [-0.25, -0.2) is 4.98 Å². The van der Waals surface area contributed by atoms with Gasteiger partial charge in [0.15, 0.2) is 5.82 Å². The van der Waals surface area contributed by atoms with Gasteiger partial charge in [0.2, 0.25) is 0 Å². The molecule has 1 unspecified atom stereocenters. The summed E-state index contributed by atoms with van der Waals surface area (Å²) in [5.41, 5.74) is 0. The lowest BCUT2D eigenvalue weighted by molar-refractivity contribution is 0.380. The number of rotatable bonds is 5. The van der Waals surface area contributed by atoms with Crippen molar-refractivity contribution in [2.75, 3.05) is 12.4 Å². The normalized spacial score (nSPS) is 12.2. The molecule has 0 aliphatic rings. The number of hydrogen-bond acceptors (Lipinski definition) is 5. The minimum atomic E-state index is 0.127. The molecule has 2 heterocycles. The Balaban J connectivity index is 2.04. The third-order valence-electron chi connectivity index (χ3n) is 2.31. The van der Waals surface area contributed by atoms with Gasteiger partial charge in [-0.05, 0) is 13.0 Å². The van der Waals surface area contributed by atoms with E-state index in [1.165, 1.54) is 13.3 Å². The number of hydrogen-bond donors (Lipinski definition) is 1. The van der Waals surface area contributed by atoms with Crippen molar-refractivity contribution in [3.63, 3.8) is 0 Å². The maximum atomic E-state index is 6.01. The lowest BCUT2D eigenvalue weighted by atomic mass is 10.3. The smallest absolute Gasteiger partial charge is 0.318 e. The number of methoxy groups -OCH3 is 1. The zero-order valence-corrected chi connectivity index (χ0v) is 10.9. The van der Waals surface area contributed by atoms with E-state index in [4.69, 9.17) is 16.3 Å². The molecule has 0 spiro atoms. The van der Waals surface area contributed by atoms with Crippen LogP contribution in [0, 0.1) is 0 Å². The number of anilines is 1. The van der Waals surface area contributed by atoms with E-state index < -0.39 is 0 Å². The van der Waals surface area contributed by atoms with E-state index in [9.17, 15) is 0 Å². The molecule has 0 radical (unpaired) electrons. The minimum absolute atomic E-state index is 0.127. The molecule has 0 saturated carbocycles. The van der Waals surface area contributed by atoms with Crippen molar-refractivity contribution >= 4 is 17.4 Å². The van der Waals surface area contributed by atoms with Crippen molar-refractivity contribution < 1.29 is 4.74 Å². The second-order valence-corrected chi connectivity index (χ2v) is 4.23. The van der Waals surface area contributed by atoms with Gasteiger partial charge in [0.1, 0.15) is 5.02 Å². The fourth-order valence-corrected chi connectivity index (χ4v) is 1.66. The Morgan fingerprint density at radius 3 is 3.06 bits per heavy atom. The van der Waals surface area contributed by atoms with Crippen molar-refractivity contribution in [2.24, 2.45) is 0 Å². The van der Waals surface area contributed by atoms with Crippen LogP contribution < -0.4 is 10.1 Å². The molecular weight excluding hydrogens is 254 g/mol. The minimum Gasteiger partial charge on any atom is -0.467 e. The summed E-state index contributed by atoms with van der Waals surface area (Å²) in [4.78, 5) is 8.07. The van der Waals surface area contributed by atoms with Crippen LogP contribution in [0.25, 0.3) is 0 Å². The number of aromatic nitrogens is 4. The molecule has 0 fully saturated rings. The van der Waals surface area contributed by atoms with E-state index in [2.05, 4.69) is 20.4 Å². The molecule has 18 heavy (non-hydrogen) atoms. The first-order valence-corrected chi connectivity index (χ1v) is 5.87. The van der Waals surface area contributed by atoms with Crippen LogP contribution in [-0.4, -0.2) is 32.9 Å². The molecule has 2 aromatic rings. The Labute approximate surface area is 110 Å².